The summed E-state index contributed by atoms with van der Waals surface area (Å²) < 4.78 is 0. The third kappa shape index (κ3) is 3.91. The number of carboxylic acid groups (broad SMARTS) is 1. The van der Waals surface area contributed by atoms with Gasteiger partial charge < -0.3 is 15.5 Å². The third-order valence-electron chi connectivity index (χ3n) is 0.912. The molecule has 0 bridgehead atoms. The molecule has 0 amide bonds. The molecular weight excluding hydrogens is 134 g/mol. The van der Waals surface area contributed by atoms with Crippen molar-refractivity contribution in [3.05, 3.63) is 11.8 Å². The number of nitrogens with one attached hydrogen (secondary N) is 1. The van der Waals surface area contributed by atoms with Gasteiger partial charge in [0.25, 0.3) is 0 Å². The minimum Gasteiger partial charge on any atom is -0.478 e. The Bertz CT molecular complexity index is 142. The lowest BCUT2D eigenvalue weighted by Gasteiger charge is -1.96. The van der Waals surface area contributed by atoms with Gasteiger partial charge in [-0.3, -0.25) is 0 Å². The molecule has 0 saturated carbocycles. The van der Waals surface area contributed by atoms with Crippen LogP contribution in [0.5, 0.6) is 0 Å². The summed E-state index contributed by atoms with van der Waals surface area (Å²) in [5.74, 6) is -0.953. The molecule has 10 heavy (non-hydrogen) atoms. The van der Waals surface area contributed by atoms with Crippen molar-refractivity contribution >= 4 is 5.97 Å². The third-order valence-corrected chi connectivity index (χ3v) is 0.912. The molecule has 0 aromatic heterocycles. The van der Waals surface area contributed by atoms with Gasteiger partial charge in [0.2, 0.25) is 0 Å². The first-order valence-corrected chi connectivity index (χ1v) is 2.92. The molecule has 0 aliphatic heterocycles. The van der Waals surface area contributed by atoms with Gasteiger partial charge in [-0.25, -0.2) is 4.79 Å². The zero-order chi connectivity index (χ0) is 7.98. The minimum atomic E-state index is -0.953. The quantitative estimate of drug-likeness (QED) is 0.370. The number of aliphatic hydroxyl groups is 1. The molecule has 0 aromatic carbocycles. The fourth-order valence-electron chi connectivity index (χ4n) is 0.352. The maximum Gasteiger partial charge on any atom is 0.332 e. The van der Waals surface area contributed by atoms with E-state index in [1.54, 1.807) is 0 Å². The van der Waals surface area contributed by atoms with Crippen molar-refractivity contribution in [3.8, 4) is 0 Å². The van der Waals surface area contributed by atoms with Gasteiger partial charge in [-0.15, -0.1) is 0 Å². The molecule has 0 aliphatic rings. The van der Waals surface area contributed by atoms with E-state index in [0.29, 0.717) is 6.54 Å². The zero-order valence-electron chi connectivity index (χ0n) is 5.79. The molecule has 0 unspecified atom stereocenters. The van der Waals surface area contributed by atoms with Crippen molar-refractivity contribution in [2.45, 2.75) is 6.92 Å². The summed E-state index contributed by atoms with van der Waals surface area (Å²) in [4.78, 5) is 10.1. The van der Waals surface area contributed by atoms with E-state index in [2.05, 4.69) is 5.32 Å². The normalized spacial score (nSPS) is 11.2. The van der Waals surface area contributed by atoms with E-state index in [1.165, 1.54) is 13.1 Å². The topological polar surface area (TPSA) is 69.6 Å². The average molecular weight is 145 g/mol. The number of hydrogen-bond donors (Lipinski definition) is 3. The lowest BCUT2D eigenvalue weighted by molar-refractivity contribution is -0.132. The number of aliphatic carboxylic acids is 1. The fraction of sp³-hybridized carbons (Fsp3) is 0.500. The van der Waals surface area contributed by atoms with E-state index in [1.807, 2.05) is 0 Å². The van der Waals surface area contributed by atoms with Gasteiger partial charge in [-0.2, -0.15) is 0 Å². The molecule has 0 aromatic rings. The van der Waals surface area contributed by atoms with Crippen LogP contribution in [-0.2, 0) is 4.79 Å². The van der Waals surface area contributed by atoms with Gasteiger partial charge in [0.05, 0.1) is 6.61 Å². The van der Waals surface area contributed by atoms with Gasteiger partial charge in [0, 0.05) is 18.3 Å². The van der Waals surface area contributed by atoms with E-state index >= 15 is 0 Å². The number of carbonyl (C=O) groups is 1. The summed E-state index contributed by atoms with van der Waals surface area (Å²) >= 11 is 0. The van der Waals surface area contributed by atoms with Gasteiger partial charge >= 0.3 is 5.97 Å². The van der Waals surface area contributed by atoms with Crippen LogP contribution in [-0.4, -0.2) is 29.3 Å². The molecule has 0 atom stereocenters. The van der Waals surface area contributed by atoms with Gasteiger partial charge in [-0.05, 0) is 6.92 Å². The van der Waals surface area contributed by atoms with E-state index < -0.39 is 5.97 Å². The van der Waals surface area contributed by atoms with Crippen LogP contribution in [0.2, 0.25) is 0 Å². The van der Waals surface area contributed by atoms with Crippen LogP contribution in [0.25, 0.3) is 0 Å². The van der Waals surface area contributed by atoms with Crippen molar-refractivity contribution in [1.82, 2.24) is 5.32 Å². The maximum atomic E-state index is 10.1. The number of hydrogen-bond acceptors (Lipinski definition) is 3. The second-order valence-corrected chi connectivity index (χ2v) is 1.81. The number of carboxylic acids is 1. The Kier molecular flexibility index (Phi) is 4.32. The van der Waals surface area contributed by atoms with Crippen molar-refractivity contribution in [2.75, 3.05) is 13.2 Å². The van der Waals surface area contributed by atoms with E-state index in [4.69, 9.17) is 10.2 Å². The SMILES string of the molecule is CC(=CNCCO)C(=O)O. The van der Waals surface area contributed by atoms with Crippen molar-refractivity contribution in [3.63, 3.8) is 0 Å². The minimum absolute atomic E-state index is 0.00337. The highest BCUT2D eigenvalue weighted by Crippen LogP contribution is 1.87. The molecule has 0 spiro atoms. The first-order valence-electron chi connectivity index (χ1n) is 2.92. The van der Waals surface area contributed by atoms with Crippen LogP contribution in [0.3, 0.4) is 0 Å². The molecule has 4 heteroatoms. The van der Waals surface area contributed by atoms with Gasteiger partial charge in [0.15, 0.2) is 0 Å². The monoisotopic (exact) mass is 145 g/mol. The van der Waals surface area contributed by atoms with Crippen LogP contribution in [0.15, 0.2) is 11.8 Å². The second kappa shape index (κ2) is 4.81. The maximum absolute atomic E-state index is 10.1. The second-order valence-electron chi connectivity index (χ2n) is 1.81. The Labute approximate surface area is 59.2 Å². The van der Waals surface area contributed by atoms with Crippen LogP contribution in [0.1, 0.15) is 6.92 Å². The van der Waals surface area contributed by atoms with E-state index in [9.17, 15) is 4.79 Å². The molecule has 0 saturated heterocycles. The summed E-state index contributed by atoms with van der Waals surface area (Å²) in [5.41, 5.74) is 0.230. The molecule has 0 rings (SSSR count). The first kappa shape index (κ1) is 8.97. The lowest BCUT2D eigenvalue weighted by Crippen LogP contribution is -2.13. The summed E-state index contributed by atoms with van der Waals surface area (Å²) in [6.45, 7) is 1.86. The molecule has 3 N–H and O–H groups in total. The molecule has 0 aliphatic carbocycles. The molecule has 0 heterocycles. The molecule has 0 fully saturated rings. The van der Waals surface area contributed by atoms with Crippen LogP contribution >= 0.6 is 0 Å². The predicted octanol–water partition coefficient (Wildman–Crippen LogP) is -0.443. The van der Waals surface area contributed by atoms with Crippen molar-refractivity contribution in [1.29, 1.82) is 0 Å². The fourth-order valence-corrected chi connectivity index (χ4v) is 0.352. The number of rotatable bonds is 4. The Morgan fingerprint density at radius 2 is 2.30 bits per heavy atom. The predicted molar refractivity (Wildman–Crippen MR) is 36.5 cm³/mol. The van der Waals surface area contributed by atoms with Crippen LogP contribution in [0.4, 0.5) is 0 Å². The Hall–Kier alpha value is -1.03. The molecule has 4 nitrogen and oxygen atoms in total. The summed E-state index contributed by atoms with van der Waals surface area (Å²) in [5, 5.41) is 19.2. The van der Waals surface area contributed by atoms with E-state index in [0.717, 1.165) is 0 Å². The van der Waals surface area contributed by atoms with Crippen molar-refractivity contribution < 1.29 is 15.0 Å². The van der Waals surface area contributed by atoms with E-state index in [-0.39, 0.29) is 12.2 Å². The number of aliphatic hydroxyl groups excluding tert-OH is 1. The Morgan fingerprint density at radius 3 is 2.70 bits per heavy atom. The van der Waals surface area contributed by atoms with Crippen LogP contribution < -0.4 is 5.32 Å². The summed E-state index contributed by atoms with van der Waals surface area (Å²) in [6, 6.07) is 0. The van der Waals surface area contributed by atoms with Crippen molar-refractivity contribution in [2.24, 2.45) is 0 Å². The van der Waals surface area contributed by atoms with Gasteiger partial charge in [-0.1, -0.05) is 0 Å². The average Bonchev–Trinajstić information content (AvgIpc) is 1.88. The zero-order valence-corrected chi connectivity index (χ0v) is 5.79. The summed E-state index contributed by atoms with van der Waals surface area (Å²) in [6.07, 6.45) is 1.36. The highest BCUT2D eigenvalue weighted by Gasteiger charge is 1.96. The van der Waals surface area contributed by atoms with Crippen LogP contribution in [0, 0.1) is 0 Å². The Balaban J connectivity index is 3.58. The lowest BCUT2D eigenvalue weighted by atomic mass is 10.3. The smallest absolute Gasteiger partial charge is 0.332 e. The Morgan fingerprint density at radius 1 is 1.70 bits per heavy atom. The highest BCUT2D eigenvalue weighted by molar-refractivity contribution is 5.85. The van der Waals surface area contributed by atoms with Gasteiger partial charge in [0.1, 0.15) is 0 Å². The largest absolute Gasteiger partial charge is 0.478 e. The summed E-state index contributed by atoms with van der Waals surface area (Å²) in [7, 11) is 0. The molecule has 0 radical (unpaired) electrons. The highest BCUT2D eigenvalue weighted by atomic mass is 16.4. The first-order chi connectivity index (χ1) is 4.68. The standard InChI is InChI=1S/C6H11NO3/c1-5(6(9)10)4-7-2-3-8/h4,7-8H,2-3H2,1H3,(H,9,10). The molecular formula is C6H11NO3. The molecule has 58 valence electrons.